The first-order valence-corrected chi connectivity index (χ1v) is 19.8. The van der Waals surface area contributed by atoms with Crippen molar-refractivity contribution in [1.82, 2.24) is 31.5 Å². The summed E-state index contributed by atoms with van der Waals surface area (Å²) in [6.07, 6.45) is 16.2. The predicted octanol–water partition coefficient (Wildman–Crippen LogP) is 4.06. The van der Waals surface area contributed by atoms with E-state index in [1.165, 1.54) is 38.5 Å². The highest BCUT2D eigenvalue weighted by Crippen LogP contribution is 2.31. The van der Waals surface area contributed by atoms with Crippen molar-refractivity contribution in [2.75, 3.05) is 13.1 Å². The van der Waals surface area contributed by atoms with Crippen molar-refractivity contribution in [3.05, 3.63) is 0 Å². The van der Waals surface area contributed by atoms with Crippen molar-refractivity contribution in [2.24, 2.45) is 11.3 Å². The summed E-state index contributed by atoms with van der Waals surface area (Å²) in [7, 11) is 0. The topological polar surface area (TPSA) is 183 Å². The molecule has 0 aromatic heterocycles. The summed E-state index contributed by atoms with van der Waals surface area (Å²) in [5.41, 5.74) is -0.471. The Bertz CT molecular complexity index is 1140. The van der Waals surface area contributed by atoms with Gasteiger partial charge >= 0.3 is 0 Å². The summed E-state index contributed by atoms with van der Waals surface area (Å²) < 4.78 is 0. The number of likely N-dealkylation sites (tertiary alicyclic amines) is 1. The standard InChI is InChI=1S/C22H40N4O4.C11H18N2O3.C6H12/c1-8-10-16-11-12-26(15(16)4)21(30)19(22(5,6)7)25-18(28)13-23-20(29)14(3)24-17(27)9-2;1-2-3-9(12-7-14)10(15)6-11(16)13-8-4-5-8;1-2-4-6-5-3-1/h14-16,19H,8-13H2,1-7H3,(H,23,29)(H,24,27)(H,25,28);7-9H,2-6H2,1H3,(H,12,14)(H,13,16);1-6H2/t14-,15?,16+,19?;;/m1../s1. The number of carbonyl (C=O) groups excluding carboxylic acids is 7. The van der Waals surface area contributed by atoms with E-state index >= 15 is 0 Å². The number of hydrogen-bond acceptors (Lipinski definition) is 7. The molecule has 52 heavy (non-hydrogen) atoms. The molecule has 1 aliphatic heterocycles. The molecule has 3 fully saturated rings. The lowest BCUT2D eigenvalue weighted by Gasteiger charge is -2.35. The Balaban J connectivity index is 0.000000504. The molecule has 298 valence electrons. The van der Waals surface area contributed by atoms with Crippen LogP contribution < -0.4 is 26.6 Å². The number of nitrogens with one attached hydrogen (secondary N) is 5. The molecule has 2 saturated carbocycles. The molecule has 2 aliphatic carbocycles. The van der Waals surface area contributed by atoms with Gasteiger partial charge < -0.3 is 31.5 Å². The molecule has 3 rings (SSSR count). The van der Waals surface area contributed by atoms with Crippen molar-refractivity contribution in [3.8, 4) is 0 Å². The summed E-state index contributed by atoms with van der Waals surface area (Å²) in [6.45, 7) is 15.6. The third-order valence-corrected chi connectivity index (χ3v) is 9.80. The SMILES string of the molecule is C1CCCCC1.CCCC(NC=O)C(=O)CC(=O)NC1CC1.CCC[C@H]1CCN(C(=O)C(NC(=O)CNC(=O)[C@@H](C)NC(=O)CC)C(C)(C)C)C1C. The number of carbonyl (C=O) groups is 7. The third-order valence-electron chi connectivity index (χ3n) is 9.80. The summed E-state index contributed by atoms with van der Waals surface area (Å²) in [5, 5.41) is 13.1. The van der Waals surface area contributed by atoms with Gasteiger partial charge in [0.05, 0.1) is 19.0 Å². The average molecular weight is 735 g/mol. The molecule has 0 radical (unpaired) electrons. The lowest BCUT2D eigenvalue weighted by molar-refractivity contribution is -0.140. The van der Waals surface area contributed by atoms with Crippen LogP contribution in [0.5, 0.6) is 0 Å². The van der Waals surface area contributed by atoms with Gasteiger partial charge in [0.25, 0.3) is 0 Å². The predicted molar refractivity (Wildman–Crippen MR) is 203 cm³/mol. The first-order valence-electron chi connectivity index (χ1n) is 19.8. The quantitative estimate of drug-likeness (QED) is 0.110. The van der Waals surface area contributed by atoms with Crippen LogP contribution in [-0.4, -0.2) is 89.9 Å². The number of amides is 6. The summed E-state index contributed by atoms with van der Waals surface area (Å²) in [4.78, 5) is 84.5. The molecule has 1 saturated heterocycles. The first kappa shape index (κ1) is 46.5. The zero-order valence-electron chi connectivity index (χ0n) is 33.4. The first-order chi connectivity index (χ1) is 24.6. The highest BCUT2D eigenvalue weighted by molar-refractivity contribution is 6.01. The van der Waals surface area contributed by atoms with Gasteiger partial charge in [0.1, 0.15) is 12.1 Å². The Labute approximate surface area is 312 Å². The molecule has 3 unspecified atom stereocenters. The lowest BCUT2D eigenvalue weighted by Crippen LogP contribution is -2.57. The fourth-order valence-corrected chi connectivity index (χ4v) is 6.38. The van der Waals surface area contributed by atoms with Gasteiger partial charge in [0.15, 0.2) is 5.78 Å². The van der Waals surface area contributed by atoms with Crippen LogP contribution in [0.1, 0.15) is 152 Å². The van der Waals surface area contributed by atoms with Gasteiger partial charge in [-0.05, 0) is 57.3 Å². The van der Waals surface area contributed by atoms with E-state index in [1.807, 2.05) is 32.6 Å². The number of Topliss-reactive ketones (excluding diaryl/α,β-unsaturated/α-hetero) is 1. The number of rotatable bonds is 17. The van der Waals surface area contributed by atoms with E-state index in [4.69, 9.17) is 0 Å². The minimum absolute atomic E-state index is 0.0724. The fraction of sp³-hybridized carbons (Fsp3) is 0.821. The van der Waals surface area contributed by atoms with Crippen LogP contribution in [0.3, 0.4) is 0 Å². The Hall–Kier alpha value is -3.51. The van der Waals surface area contributed by atoms with Crippen LogP contribution in [0.4, 0.5) is 0 Å². The summed E-state index contributed by atoms with van der Waals surface area (Å²) in [6, 6.07) is -1.51. The van der Waals surface area contributed by atoms with Gasteiger partial charge in [-0.2, -0.15) is 0 Å². The molecule has 0 aromatic rings. The van der Waals surface area contributed by atoms with Crippen molar-refractivity contribution >= 4 is 41.7 Å². The van der Waals surface area contributed by atoms with Crippen LogP contribution in [0, 0.1) is 11.3 Å². The Morgan fingerprint density at radius 3 is 1.90 bits per heavy atom. The maximum absolute atomic E-state index is 13.3. The molecular formula is C39H70N6O7. The van der Waals surface area contributed by atoms with E-state index in [9.17, 15) is 33.6 Å². The van der Waals surface area contributed by atoms with E-state index in [0.29, 0.717) is 25.3 Å². The summed E-state index contributed by atoms with van der Waals surface area (Å²) >= 11 is 0. The van der Waals surface area contributed by atoms with Crippen molar-refractivity contribution in [1.29, 1.82) is 0 Å². The van der Waals surface area contributed by atoms with E-state index < -0.39 is 35.4 Å². The molecule has 6 amide bonds. The second kappa shape index (κ2) is 24.7. The third kappa shape index (κ3) is 18.3. The highest BCUT2D eigenvalue weighted by atomic mass is 16.2. The zero-order chi connectivity index (χ0) is 39.3. The van der Waals surface area contributed by atoms with Gasteiger partial charge in [-0.1, -0.05) is 92.9 Å². The van der Waals surface area contributed by atoms with Gasteiger partial charge in [0.2, 0.25) is 35.9 Å². The largest absolute Gasteiger partial charge is 0.353 e. The fourth-order valence-electron chi connectivity index (χ4n) is 6.38. The normalized spacial score (nSPS) is 19.9. The maximum atomic E-state index is 13.3. The van der Waals surface area contributed by atoms with Gasteiger partial charge in [-0.3, -0.25) is 33.6 Å². The Morgan fingerprint density at radius 1 is 0.827 bits per heavy atom. The van der Waals surface area contributed by atoms with Crippen LogP contribution >= 0.6 is 0 Å². The average Bonchev–Trinajstić information content (AvgIpc) is 3.85. The minimum Gasteiger partial charge on any atom is -0.353 e. The Kier molecular flexibility index (Phi) is 22.1. The lowest BCUT2D eigenvalue weighted by atomic mass is 9.85. The van der Waals surface area contributed by atoms with Crippen molar-refractivity contribution < 1.29 is 33.6 Å². The second-order valence-corrected chi connectivity index (χ2v) is 15.6. The number of nitrogens with zero attached hydrogens (tertiary/aromatic N) is 1. The molecule has 13 heteroatoms. The molecule has 5 N–H and O–H groups in total. The van der Waals surface area contributed by atoms with Gasteiger partial charge in [0, 0.05) is 25.0 Å². The monoisotopic (exact) mass is 735 g/mol. The molecule has 1 heterocycles. The Morgan fingerprint density at radius 2 is 1.42 bits per heavy atom. The second-order valence-electron chi connectivity index (χ2n) is 15.6. The number of hydrogen-bond donors (Lipinski definition) is 5. The van der Waals surface area contributed by atoms with Crippen LogP contribution in [0.25, 0.3) is 0 Å². The minimum atomic E-state index is -0.730. The van der Waals surface area contributed by atoms with E-state index in [-0.39, 0.29) is 55.0 Å². The molecule has 13 nitrogen and oxygen atoms in total. The van der Waals surface area contributed by atoms with Gasteiger partial charge in [-0.25, -0.2) is 0 Å². The molecule has 0 spiro atoms. The molecule has 5 atom stereocenters. The molecular weight excluding hydrogens is 664 g/mol. The maximum Gasteiger partial charge on any atom is 0.245 e. The molecule has 0 bridgehead atoms. The molecule has 0 aromatic carbocycles. The summed E-state index contributed by atoms with van der Waals surface area (Å²) in [5.74, 6) is -1.13. The number of ketones is 1. The highest BCUT2D eigenvalue weighted by Gasteiger charge is 2.41. The smallest absolute Gasteiger partial charge is 0.245 e. The van der Waals surface area contributed by atoms with E-state index in [1.54, 1.807) is 13.8 Å². The molecule has 3 aliphatic rings. The van der Waals surface area contributed by atoms with Crippen LogP contribution in [0.2, 0.25) is 0 Å². The van der Waals surface area contributed by atoms with Crippen molar-refractivity contribution in [2.45, 2.75) is 182 Å². The van der Waals surface area contributed by atoms with Crippen molar-refractivity contribution in [3.63, 3.8) is 0 Å². The van der Waals surface area contributed by atoms with Crippen LogP contribution in [0.15, 0.2) is 0 Å². The van der Waals surface area contributed by atoms with Gasteiger partial charge in [-0.15, -0.1) is 0 Å². The zero-order valence-corrected chi connectivity index (χ0v) is 33.4. The van der Waals surface area contributed by atoms with Crippen LogP contribution in [-0.2, 0) is 33.6 Å². The van der Waals surface area contributed by atoms with E-state index in [2.05, 4.69) is 40.4 Å². The van der Waals surface area contributed by atoms with E-state index in [0.717, 1.165) is 38.5 Å².